The Morgan fingerprint density at radius 3 is 2.45 bits per heavy atom. The predicted molar refractivity (Wildman–Crippen MR) is 109 cm³/mol. The van der Waals surface area contributed by atoms with Crippen molar-refractivity contribution in [1.82, 2.24) is 19.7 Å². The van der Waals surface area contributed by atoms with Crippen molar-refractivity contribution in [2.45, 2.75) is 6.17 Å². The van der Waals surface area contributed by atoms with E-state index in [9.17, 15) is 18.4 Å². The lowest BCUT2D eigenvalue weighted by atomic mass is 10.2. The average molecular weight is 447 g/mol. The number of carbonyl (C=O) groups is 2. The van der Waals surface area contributed by atoms with Crippen molar-refractivity contribution in [3.63, 3.8) is 0 Å². The molecule has 0 spiro atoms. The monoisotopic (exact) mass is 446 g/mol. The van der Waals surface area contributed by atoms with Crippen LogP contribution in [-0.4, -0.2) is 90.9 Å². The zero-order valence-corrected chi connectivity index (χ0v) is 17.4. The number of likely N-dealkylation sites (N-methyl/N-ethyl adjacent to an activating group) is 1. The molecule has 0 saturated carbocycles. The molecular formula is C19H22Cl2F2N4O2. The van der Waals surface area contributed by atoms with Gasteiger partial charge in [0, 0.05) is 50.2 Å². The van der Waals surface area contributed by atoms with Crippen LogP contribution >= 0.6 is 23.2 Å². The number of nitrogens with one attached hydrogen (secondary N) is 1. The van der Waals surface area contributed by atoms with E-state index >= 15 is 0 Å². The van der Waals surface area contributed by atoms with Crippen LogP contribution in [0.3, 0.4) is 0 Å². The van der Waals surface area contributed by atoms with E-state index in [2.05, 4.69) is 9.88 Å². The van der Waals surface area contributed by atoms with E-state index in [0.717, 1.165) is 19.4 Å². The number of halogens is 4. The second-order valence-corrected chi connectivity index (χ2v) is 7.93. The fraction of sp³-hybridized carbons (Fsp3) is 0.474. The van der Waals surface area contributed by atoms with Crippen LogP contribution < -0.4 is 0 Å². The van der Waals surface area contributed by atoms with Gasteiger partial charge < -0.3 is 19.6 Å². The summed E-state index contributed by atoms with van der Waals surface area (Å²) in [5, 5.41) is 0.473. The van der Waals surface area contributed by atoms with Crippen molar-refractivity contribution >= 4 is 46.3 Å². The van der Waals surface area contributed by atoms with Crippen LogP contribution in [0.2, 0.25) is 10.0 Å². The average Bonchev–Trinajstić information content (AvgIpc) is 3.01. The summed E-state index contributed by atoms with van der Waals surface area (Å²) in [6, 6.07) is 2.78. The number of alkyl halides is 1. The summed E-state index contributed by atoms with van der Waals surface area (Å²) in [6.07, 6.45) is 0.112. The predicted octanol–water partition coefficient (Wildman–Crippen LogP) is 2.84. The molecule has 1 amide bonds. The highest BCUT2D eigenvalue weighted by Gasteiger charge is 2.26. The fourth-order valence-electron chi connectivity index (χ4n) is 3.26. The number of carbonyl (C=O) groups excluding carboxylic acids is 2. The summed E-state index contributed by atoms with van der Waals surface area (Å²) in [6.45, 7) is 4.20. The summed E-state index contributed by atoms with van der Waals surface area (Å²) in [4.78, 5) is 30.9. The number of piperazine rings is 1. The summed E-state index contributed by atoms with van der Waals surface area (Å²) in [5.74, 6) is -0.732. The van der Waals surface area contributed by atoms with E-state index in [1.54, 1.807) is 9.80 Å². The molecule has 2 aliphatic heterocycles. The number of H-pyrrole nitrogens is 1. The number of rotatable bonds is 3. The molecule has 6 nitrogen and oxygen atoms in total. The summed E-state index contributed by atoms with van der Waals surface area (Å²) in [7, 11) is 2.01. The quantitative estimate of drug-likeness (QED) is 0.736. The van der Waals surface area contributed by atoms with Crippen molar-refractivity contribution in [3.8, 4) is 0 Å². The Hall–Kier alpha value is -1.74. The fourth-order valence-corrected chi connectivity index (χ4v) is 3.89. The number of likely N-dealkylation sites (tertiary alicyclic amines) is 1. The number of fused-ring (bicyclic) bond motifs is 1. The Balaban J connectivity index is 0.000000252. The third kappa shape index (κ3) is 4.88. The highest BCUT2D eigenvalue weighted by Crippen LogP contribution is 2.35. The van der Waals surface area contributed by atoms with Gasteiger partial charge in [-0.3, -0.25) is 9.69 Å². The van der Waals surface area contributed by atoms with Crippen LogP contribution in [0.15, 0.2) is 12.1 Å². The number of hydrogen-bond acceptors (Lipinski definition) is 4. The molecule has 2 saturated heterocycles. The standard InChI is InChI=1S/C14H14Cl2FN3O.C5H8FNO/c1-19-4-6-20(7-5-19)14(21)13-12(16)10-9(18-13)3-2-8(17)11(10)15;6-5-3-7(4-5)1-2-8/h2-3,18H,4-7H2,1H3;2,5H,1,3-4H2. The van der Waals surface area contributed by atoms with E-state index in [-0.39, 0.29) is 21.6 Å². The van der Waals surface area contributed by atoms with Gasteiger partial charge in [0.25, 0.3) is 5.91 Å². The van der Waals surface area contributed by atoms with Crippen molar-refractivity contribution in [2.24, 2.45) is 0 Å². The topological polar surface area (TPSA) is 59.7 Å². The molecule has 0 radical (unpaired) electrons. The van der Waals surface area contributed by atoms with Gasteiger partial charge in [-0.2, -0.15) is 0 Å². The van der Waals surface area contributed by atoms with Gasteiger partial charge in [0.15, 0.2) is 0 Å². The molecular weight excluding hydrogens is 425 g/mol. The molecule has 2 aromatic rings. The van der Waals surface area contributed by atoms with Gasteiger partial charge >= 0.3 is 0 Å². The zero-order valence-electron chi connectivity index (χ0n) is 15.9. The Labute approximate surface area is 177 Å². The van der Waals surface area contributed by atoms with Gasteiger partial charge in [-0.1, -0.05) is 23.2 Å². The Kier molecular flexibility index (Phi) is 7.10. The molecule has 1 aromatic carbocycles. The normalized spacial score (nSPS) is 18.3. The second kappa shape index (κ2) is 9.38. The van der Waals surface area contributed by atoms with Crippen LogP contribution in [0.1, 0.15) is 10.5 Å². The van der Waals surface area contributed by atoms with Crippen LogP contribution in [-0.2, 0) is 4.79 Å². The molecule has 158 valence electrons. The smallest absolute Gasteiger partial charge is 0.271 e. The number of aromatic nitrogens is 1. The summed E-state index contributed by atoms with van der Waals surface area (Å²) < 4.78 is 25.5. The minimum atomic E-state index is -0.685. The number of amides is 1. The molecule has 2 fully saturated rings. The lowest BCUT2D eigenvalue weighted by molar-refractivity contribution is -0.110. The Bertz CT molecular complexity index is 894. The molecule has 0 aliphatic carbocycles. The minimum Gasteiger partial charge on any atom is -0.349 e. The first-order valence-corrected chi connectivity index (χ1v) is 10.0. The van der Waals surface area contributed by atoms with Gasteiger partial charge in [0.2, 0.25) is 0 Å². The number of aromatic amines is 1. The molecule has 2 aliphatic rings. The van der Waals surface area contributed by atoms with Gasteiger partial charge in [0.05, 0.1) is 16.6 Å². The molecule has 29 heavy (non-hydrogen) atoms. The Morgan fingerprint density at radius 1 is 1.21 bits per heavy atom. The van der Waals surface area contributed by atoms with Crippen molar-refractivity contribution < 1.29 is 18.4 Å². The zero-order chi connectivity index (χ0) is 21.1. The van der Waals surface area contributed by atoms with Crippen LogP contribution in [0.4, 0.5) is 8.78 Å². The largest absolute Gasteiger partial charge is 0.349 e. The molecule has 1 N–H and O–H groups in total. The number of hydrogen-bond donors (Lipinski definition) is 1. The lowest BCUT2D eigenvalue weighted by Crippen LogP contribution is -2.48. The van der Waals surface area contributed by atoms with E-state index in [4.69, 9.17) is 23.2 Å². The van der Waals surface area contributed by atoms with Crippen LogP contribution in [0, 0.1) is 5.82 Å². The SMILES string of the molecule is CN1CCN(C(=O)c2[nH]c3ccc(F)c(Cl)c3c2Cl)CC1.O=CCN1CC(F)C1. The second-order valence-electron chi connectivity index (χ2n) is 7.18. The third-order valence-electron chi connectivity index (χ3n) is 5.04. The summed E-state index contributed by atoms with van der Waals surface area (Å²) in [5.41, 5.74) is 0.826. The lowest BCUT2D eigenvalue weighted by Gasteiger charge is -2.32. The third-order valence-corrected chi connectivity index (χ3v) is 5.79. The highest BCUT2D eigenvalue weighted by atomic mass is 35.5. The molecule has 4 rings (SSSR count). The maximum absolute atomic E-state index is 13.5. The molecule has 0 unspecified atom stereocenters. The maximum atomic E-state index is 13.5. The van der Waals surface area contributed by atoms with Gasteiger partial charge in [-0.15, -0.1) is 0 Å². The molecule has 1 aromatic heterocycles. The first-order chi connectivity index (χ1) is 13.8. The van der Waals surface area contributed by atoms with E-state index in [0.29, 0.717) is 43.6 Å². The van der Waals surface area contributed by atoms with E-state index < -0.39 is 12.0 Å². The van der Waals surface area contributed by atoms with E-state index in [1.165, 1.54) is 12.1 Å². The van der Waals surface area contributed by atoms with Crippen molar-refractivity contribution in [2.75, 3.05) is 52.9 Å². The molecule has 0 atom stereocenters. The Morgan fingerprint density at radius 2 is 1.86 bits per heavy atom. The maximum Gasteiger partial charge on any atom is 0.271 e. The first-order valence-electron chi connectivity index (χ1n) is 9.24. The number of aldehydes is 1. The minimum absolute atomic E-state index is 0.0637. The molecule has 3 heterocycles. The molecule has 10 heteroatoms. The first kappa shape index (κ1) is 22.0. The van der Waals surface area contributed by atoms with Gasteiger partial charge in [-0.05, 0) is 19.2 Å². The number of benzene rings is 1. The van der Waals surface area contributed by atoms with Gasteiger partial charge in [-0.25, -0.2) is 8.78 Å². The van der Waals surface area contributed by atoms with Crippen LogP contribution in [0.5, 0.6) is 0 Å². The summed E-state index contributed by atoms with van der Waals surface area (Å²) >= 11 is 12.2. The number of nitrogens with zero attached hydrogens (tertiary/aromatic N) is 3. The van der Waals surface area contributed by atoms with Gasteiger partial charge in [0.1, 0.15) is 24.0 Å². The van der Waals surface area contributed by atoms with Crippen LogP contribution in [0.25, 0.3) is 10.9 Å². The van der Waals surface area contributed by atoms with Crippen molar-refractivity contribution in [3.05, 3.63) is 33.7 Å². The molecule has 0 bridgehead atoms. The van der Waals surface area contributed by atoms with E-state index in [1.807, 2.05) is 7.05 Å². The van der Waals surface area contributed by atoms with Crippen molar-refractivity contribution in [1.29, 1.82) is 0 Å². The highest BCUT2D eigenvalue weighted by molar-refractivity contribution is 6.44.